The maximum Gasteiger partial charge on any atom is 0.321 e. The van der Waals surface area contributed by atoms with Gasteiger partial charge in [0, 0.05) is 5.69 Å². The average Bonchev–Trinajstić information content (AvgIpc) is 2.48. The molecule has 3 N–H and O–H groups in total. The van der Waals surface area contributed by atoms with Crippen LogP contribution >= 0.6 is 0 Å². The minimum Gasteiger partial charge on any atom is -0.494 e. The minimum atomic E-state index is -1.02. The van der Waals surface area contributed by atoms with Gasteiger partial charge in [0.15, 0.2) is 0 Å². The molecule has 0 aliphatic heterocycles. The first-order valence-electron chi connectivity index (χ1n) is 7.91. The van der Waals surface area contributed by atoms with E-state index < -0.39 is 12.0 Å². The Bertz CT molecular complexity index is 500. The van der Waals surface area contributed by atoms with Crippen molar-refractivity contribution in [1.82, 2.24) is 5.32 Å². The summed E-state index contributed by atoms with van der Waals surface area (Å²) < 4.78 is 5.32. The fourth-order valence-electron chi connectivity index (χ4n) is 1.99. The van der Waals surface area contributed by atoms with Gasteiger partial charge < -0.3 is 20.5 Å². The number of aliphatic carboxylic acids is 1. The molecule has 0 heterocycles. The third-order valence-electron chi connectivity index (χ3n) is 3.25. The van der Waals surface area contributed by atoms with Gasteiger partial charge >= 0.3 is 5.97 Å². The molecule has 1 amide bonds. The van der Waals surface area contributed by atoms with Crippen molar-refractivity contribution < 1.29 is 19.4 Å². The van der Waals surface area contributed by atoms with E-state index in [1.165, 1.54) is 0 Å². The largest absolute Gasteiger partial charge is 0.494 e. The van der Waals surface area contributed by atoms with E-state index in [0.29, 0.717) is 24.8 Å². The van der Waals surface area contributed by atoms with Crippen molar-refractivity contribution >= 4 is 17.6 Å². The molecule has 128 valence electrons. The molecule has 0 bridgehead atoms. The summed E-state index contributed by atoms with van der Waals surface area (Å²) >= 11 is 0. The van der Waals surface area contributed by atoms with Crippen LogP contribution in [-0.2, 0) is 9.59 Å². The summed E-state index contributed by atoms with van der Waals surface area (Å²) in [6.45, 7) is 7.18. The van der Waals surface area contributed by atoms with Gasteiger partial charge in [-0.05, 0) is 50.1 Å². The lowest BCUT2D eigenvalue weighted by molar-refractivity contribution is -0.141. The van der Waals surface area contributed by atoms with E-state index in [0.717, 1.165) is 12.2 Å². The third-order valence-corrected chi connectivity index (χ3v) is 3.25. The molecule has 0 aliphatic rings. The van der Waals surface area contributed by atoms with Crippen LogP contribution in [0.1, 0.15) is 33.6 Å². The van der Waals surface area contributed by atoms with E-state index in [1.807, 2.05) is 6.92 Å². The number of ether oxygens (including phenoxy) is 1. The number of hydrogen-bond donors (Lipinski definition) is 3. The van der Waals surface area contributed by atoms with E-state index in [9.17, 15) is 14.7 Å². The molecule has 0 spiro atoms. The van der Waals surface area contributed by atoms with Gasteiger partial charge in [0.2, 0.25) is 5.91 Å². The molecular formula is C17H26N2O4. The van der Waals surface area contributed by atoms with Crippen molar-refractivity contribution in [2.75, 3.05) is 18.5 Å². The number of carbonyl (C=O) groups excluding carboxylic acids is 1. The molecule has 0 aliphatic carbocycles. The lowest BCUT2D eigenvalue weighted by Crippen LogP contribution is -2.40. The Morgan fingerprint density at radius 2 is 1.87 bits per heavy atom. The first-order chi connectivity index (χ1) is 10.9. The normalized spacial score (nSPS) is 12.0. The van der Waals surface area contributed by atoms with Crippen LogP contribution in [0.15, 0.2) is 24.3 Å². The summed E-state index contributed by atoms with van der Waals surface area (Å²) in [5.41, 5.74) is 0.616. The molecule has 23 heavy (non-hydrogen) atoms. The number of amides is 1. The first kappa shape index (κ1) is 19.0. The van der Waals surface area contributed by atoms with Gasteiger partial charge in [0.1, 0.15) is 11.8 Å². The number of carboxylic acids is 1. The van der Waals surface area contributed by atoms with Crippen LogP contribution in [0.3, 0.4) is 0 Å². The molecule has 0 radical (unpaired) electrons. The zero-order valence-electron chi connectivity index (χ0n) is 14.0. The predicted molar refractivity (Wildman–Crippen MR) is 89.7 cm³/mol. The van der Waals surface area contributed by atoms with E-state index in [1.54, 1.807) is 24.3 Å². The Kier molecular flexibility index (Phi) is 8.11. The van der Waals surface area contributed by atoms with E-state index in [-0.39, 0.29) is 12.3 Å². The molecule has 0 aromatic heterocycles. The van der Waals surface area contributed by atoms with Gasteiger partial charge in [0.05, 0.1) is 13.0 Å². The van der Waals surface area contributed by atoms with Gasteiger partial charge in [0.25, 0.3) is 0 Å². The van der Waals surface area contributed by atoms with Gasteiger partial charge in [-0.2, -0.15) is 0 Å². The Hall–Kier alpha value is -2.08. The monoisotopic (exact) mass is 322 g/mol. The van der Waals surface area contributed by atoms with Crippen LogP contribution < -0.4 is 15.4 Å². The van der Waals surface area contributed by atoms with Gasteiger partial charge in [-0.15, -0.1) is 0 Å². The molecule has 6 nitrogen and oxygen atoms in total. The average molecular weight is 322 g/mol. The number of nitrogens with one attached hydrogen (secondary N) is 2. The standard InChI is InChI=1S/C17H26N2O4/c1-4-23-14-7-5-13(6-8-14)19-16(20)11-15(17(21)22)18-10-9-12(2)3/h5-8,12,15,18H,4,9-11H2,1-3H3,(H,19,20)(H,21,22). The Balaban J connectivity index is 2.49. The molecule has 1 aromatic rings. The lowest BCUT2D eigenvalue weighted by Gasteiger charge is -2.15. The summed E-state index contributed by atoms with van der Waals surface area (Å²) in [5.74, 6) is -0.145. The fraction of sp³-hybridized carbons (Fsp3) is 0.529. The van der Waals surface area contributed by atoms with Crippen LogP contribution in [0, 0.1) is 5.92 Å². The maximum atomic E-state index is 12.0. The molecule has 1 rings (SSSR count). The summed E-state index contributed by atoms with van der Waals surface area (Å²) in [7, 11) is 0. The third kappa shape index (κ3) is 7.65. The highest BCUT2D eigenvalue weighted by atomic mass is 16.5. The fourth-order valence-corrected chi connectivity index (χ4v) is 1.99. The maximum absolute atomic E-state index is 12.0. The Labute approximate surface area is 137 Å². The van der Waals surface area contributed by atoms with E-state index in [4.69, 9.17) is 4.74 Å². The SMILES string of the molecule is CCOc1ccc(NC(=O)CC(NCCC(C)C)C(=O)O)cc1. The summed E-state index contributed by atoms with van der Waals surface area (Å²) in [5, 5.41) is 14.8. The summed E-state index contributed by atoms with van der Waals surface area (Å²) in [6.07, 6.45) is 0.755. The van der Waals surface area contributed by atoms with Crippen LogP contribution in [0.2, 0.25) is 0 Å². The first-order valence-corrected chi connectivity index (χ1v) is 7.91. The van der Waals surface area contributed by atoms with E-state index in [2.05, 4.69) is 24.5 Å². The molecule has 0 saturated heterocycles. The van der Waals surface area contributed by atoms with Gasteiger partial charge in [-0.3, -0.25) is 9.59 Å². The summed E-state index contributed by atoms with van der Waals surface area (Å²) in [6, 6.07) is 6.09. The van der Waals surface area contributed by atoms with Crippen molar-refractivity contribution in [2.45, 2.75) is 39.7 Å². The summed E-state index contributed by atoms with van der Waals surface area (Å²) in [4.78, 5) is 23.2. The molecule has 6 heteroatoms. The van der Waals surface area contributed by atoms with Crippen molar-refractivity contribution in [3.8, 4) is 5.75 Å². The molecule has 1 atom stereocenters. The Morgan fingerprint density at radius 3 is 2.39 bits per heavy atom. The van der Waals surface area contributed by atoms with Crippen LogP contribution in [-0.4, -0.2) is 36.2 Å². The minimum absolute atomic E-state index is 0.110. The van der Waals surface area contributed by atoms with Crippen molar-refractivity contribution in [1.29, 1.82) is 0 Å². The van der Waals surface area contributed by atoms with E-state index >= 15 is 0 Å². The zero-order chi connectivity index (χ0) is 17.2. The topological polar surface area (TPSA) is 87.7 Å². The van der Waals surface area contributed by atoms with Crippen molar-refractivity contribution in [2.24, 2.45) is 5.92 Å². The lowest BCUT2D eigenvalue weighted by atomic mass is 10.1. The molecular weight excluding hydrogens is 296 g/mol. The second kappa shape index (κ2) is 9.84. The molecule has 0 saturated carbocycles. The highest BCUT2D eigenvalue weighted by molar-refractivity contribution is 5.94. The van der Waals surface area contributed by atoms with Crippen LogP contribution in [0.25, 0.3) is 0 Å². The molecule has 1 aromatic carbocycles. The van der Waals surface area contributed by atoms with Gasteiger partial charge in [-0.1, -0.05) is 13.8 Å². The highest BCUT2D eigenvalue weighted by Crippen LogP contribution is 2.16. The number of carbonyl (C=O) groups is 2. The number of benzene rings is 1. The second-order valence-corrected chi connectivity index (χ2v) is 5.74. The number of hydrogen-bond acceptors (Lipinski definition) is 4. The van der Waals surface area contributed by atoms with Crippen LogP contribution in [0.4, 0.5) is 5.69 Å². The van der Waals surface area contributed by atoms with Crippen molar-refractivity contribution in [3.63, 3.8) is 0 Å². The van der Waals surface area contributed by atoms with Crippen LogP contribution in [0.5, 0.6) is 5.75 Å². The van der Waals surface area contributed by atoms with Gasteiger partial charge in [-0.25, -0.2) is 0 Å². The second-order valence-electron chi connectivity index (χ2n) is 5.74. The Morgan fingerprint density at radius 1 is 1.22 bits per heavy atom. The number of rotatable bonds is 10. The zero-order valence-corrected chi connectivity index (χ0v) is 14.0. The number of carboxylic acid groups (broad SMARTS) is 1. The smallest absolute Gasteiger partial charge is 0.321 e. The highest BCUT2D eigenvalue weighted by Gasteiger charge is 2.20. The van der Waals surface area contributed by atoms with Crippen molar-refractivity contribution in [3.05, 3.63) is 24.3 Å². The number of anilines is 1. The quantitative estimate of drug-likeness (QED) is 0.616. The molecule has 0 fully saturated rings. The molecule has 1 unspecified atom stereocenters. The predicted octanol–water partition coefficient (Wildman–Crippen LogP) is 2.50.